The van der Waals surface area contributed by atoms with Crippen LogP contribution >= 0.6 is 0 Å². The predicted octanol–water partition coefficient (Wildman–Crippen LogP) is 2.12. The minimum Gasteiger partial charge on any atom is -0.380 e. The van der Waals surface area contributed by atoms with Crippen molar-refractivity contribution in [3.05, 3.63) is 59.4 Å². The average Bonchev–Trinajstić information content (AvgIpc) is 3.00. The Labute approximate surface area is 168 Å². The Morgan fingerprint density at radius 3 is 2.48 bits per heavy atom. The number of fused-ring (bicyclic) bond motifs is 1. The zero-order valence-corrected chi connectivity index (χ0v) is 16.3. The summed E-state index contributed by atoms with van der Waals surface area (Å²) in [5, 5.41) is 5.36. The Morgan fingerprint density at radius 1 is 1.07 bits per heavy atom. The van der Waals surface area contributed by atoms with E-state index in [0.29, 0.717) is 12.2 Å². The molecule has 29 heavy (non-hydrogen) atoms. The SMILES string of the molecule is CC.O=C1CCC(N2C(=O)c3cccc(NCc4ccncc4)c3C2=O)C(=O)N1. The molecule has 8 heteroatoms. The fraction of sp³-hybridized carbons (Fsp3) is 0.286. The second kappa shape index (κ2) is 8.64. The van der Waals surface area contributed by atoms with Gasteiger partial charge in [-0.25, -0.2) is 0 Å². The molecule has 0 spiro atoms. The van der Waals surface area contributed by atoms with Crippen molar-refractivity contribution in [3.63, 3.8) is 0 Å². The van der Waals surface area contributed by atoms with Gasteiger partial charge in [-0.1, -0.05) is 19.9 Å². The maximum absolute atomic E-state index is 13.0. The molecule has 0 aliphatic carbocycles. The molecule has 4 amide bonds. The first-order chi connectivity index (χ1) is 14.1. The first-order valence-electron chi connectivity index (χ1n) is 9.53. The molecule has 1 aromatic heterocycles. The van der Waals surface area contributed by atoms with Gasteiger partial charge in [0.15, 0.2) is 0 Å². The third-order valence-electron chi connectivity index (χ3n) is 4.70. The van der Waals surface area contributed by atoms with Gasteiger partial charge in [0, 0.05) is 31.0 Å². The van der Waals surface area contributed by atoms with Gasteiger partial charge in [0.25, 0.3) is 11.8 Å². The Morgan fingerprint density at radius 2 is 1.79 bits per heavy atom. The summed E-state index contributed by atoms with van der Waals surface area (Å²) < 4.78 is 0. The van der Waals surface area contributed by atoms with Crippen molar-refractivity contribution in [2.24, 2.45) is 0 Å². The Balaban J connectivity index is 0.00000117. The molecule has 1 atom stereocenters. The molecular weight excluding hydrogens is 372 g/mol. The van der Waals surface area contributed by atoms with Crippen molar-refractivity contribution in [1.82, 2.24) is 15.2 Å². The molecule has 2 aromatic rings. The van der Waals surface area contributed by atoms with Gasteiger partial charge in [0.2, 0.25) is 11.8 Å². The average molecular weight is 394 g/mol. The topological polar surface area (TPSA) is 108 Å². The second-order valence-electron chi connectivity index (χ2n) is 6.38. The molecule has 150 valence electrons. The van der Waals surface area contributed by atoms with Gasteiger partial charge in [0.05, 0.1) is 11.1 Å². The molecule has 4 rings (SSSR count). The fourth-order valence-corrected chi connectivity index (χ4v) is 3.36. The van der Waals surface area contributed by atoms with Crippen LogP contribution in [0, 0.1) is 0 Å². The van der Waals surface area contributed by atoms with Gasteiger partial charge in [-0.3, -0.25) is 34.4 Å². The molecule has 0 radical (unpaired) electrons. The molecule has 2 aliphatic heterocycles. The molecular formula is C21H22N4O4. The van der Waals surface area contributed by atoms with E-state index < -0.39 is 29.7 Å². The molecule has 1 aromatic carbocycles. The third kappa shape index (κ3) is 3.87. The molecule has 1 fully saturated rings. The van der Waals surface area contributed by atoms with E-state index in [9.17, 15) is 19.2 Å². The van der Waals surface area contributed by atoms with Crippen molar-refractivity contribution in [3.8, 4) is 0 Å². The van der Waals surface area contributed by atoms with E-state index in [1.807, 2.05) is 26.0 Å². The summed E-state index contributed by atoms with van der Waals surface area (Å²) in [6.07, 6.45) is 3.57. The van der Waals surface area contributed by atoms with Crippen molar-refractivity contribution >= 4 is 29.3 Å². The highest BCUT2D eigenvalue weighted by molar-refractivity contribution is 6.25. The largest absolute Gasteiger partial charge is 0.380 e. The molecule has 2 N–H and O–H groups in total. The summed E-state index contributed by atoms with van der Waals surface area (Å²) in [6, 6.07) is 7.70. The number of nitrogens with zero attached hydrogens (tertiary/aromatic N) is 2. The van der Waals surface area contributed by atoms with Crippen LogP contribution in [0.2, 0.25) is 0 Å². The van der Waals surface area contributed by atoms with Gasteiger partial charge < -0.3 is 5.32 Å². The van der Waals surface area contributed by atoms with Crippen LogP contribution in [0.1, 0.15) is 53.0 Å². The molecule has 3 heterocycles. The number of amides is 4. The number of aromatic nitrogens is 1. The number of piperidine rings is 1. The van der Waals surface area contributed by atoms with Crippen LogP contribution in [0.3, 0.4) is 0 Å². The molecule has 1 unspecified atom stereocenters. The van der Waals surface area contributed by atoms with E-state index in [1.165, 1.54) is 0 Å². The number of carbonyl (C=O) groups excluding carboxylic acids is 4. The summed E-state index contributed by atoms with van der Waals surface area (Å²) in [5.41, 5.74) is 2.00. The standard InChI is InChI=1S/C19H16N4O4.C2H6/c24-15-5-4-14(17(25)22-15)23-18(26)12-2-1-3-13(16(12)19(23)27)21-10-11-6-8-20-9-7-11;1-2/h1-3,6-9,14,21H,4-5,10H2,(H,22,24,25);1-2H3. The number of benzene rings is 1. The van der Waals surface area contributed by atoms with Crippen molar-refractivity contribution in [1.29, 1.82) is 0 Å². The van der Waals surface area contributed by atoms with Crippen molar-refractivity contribution in [2.45, 2.75) is 39.3 Å². The maximum atomic E-state index is 13.0. The minimum atomic E-state index is -0.969. The summed E-state index contributed by atoms with van der Waals surface area (Å²) in [5.74, 6) is -2.06. The molecule has 1 saturated heterocycles. The molecule has 0 saturated carbocycles. The van der Waals surface area contributed by atoms with Gasteiger partial charge in [0.1, 0.15) is 6.04 Å². The van der Waals surface area contributed by atoms with Crippen molar-refractivity contribution in [2.75, 3.05) is 5.32 Å². The number of pyridine rings is 1. The normalized spacial score (nSPS) is 18.0. The molecule has 2 aliphatic rings. The van der Waals surface area contributed by atoms with Gasteiger partial charge in [-0.2, -0.15) is 0 Å². The van der Waals surface area contributed by atoms with Crippen LogP contribution in [-0.4, -0.2) is 39.6 Å². The Kier molecular flexibility index (Phi) is 6.01. The summed E-state index contributed by atoms with van der Waals surface area (Å²) >= 11 is 0. The van der Waals surface area contributed by atoms with E-state index in [0.717, 1.165) is 10.5 Å². The van der Waals surface area contributed by atoms with E-state index in [-0.39, 0.29) is 24.0 Å². The van der Waals surface area contributed by atoms with Crippen LogP contribution < -0.4 is 10.6 Å². The summed E-state index contributed by atoms with van der Waals surface area (Å²) in [7, 11) is 0. The first kappa shape index (κ1) is 20.2. The zero-order valence-electron chi connectivity index (χ0n) is 16.3. The zero-order chi connectivity index (χ0) is 21.0. The number of carbonyl (C=O) groups is 4. The number of nitrogens with one attached hydrogen (secondary N) is 2. The van der Waals surface area contributed by atoms with E-state index in [4.69, 9.17) is 0 Å². The van der Waals surface area contributed by atoms with E-state index in [1.54, 1.807) is 30.6 Å². The number of anilines is 1. The third-order valence-corrected chi connectivity index (χ3v) is 4.70. The summed E-state index contributed by atoms with van der Waals surface area (Å²) in [4.78, 5) is 54.1. The maximum Gasteiger partial charge on any atom is 0.264 e. The lowest BCUT2D eigenvalue weighted by Gasteiger charge is -2.27. The summed E-state index contributed by atoms with van der Waals surface area (Å²) in [6.45, 7) is 4.46. The van der Waals surface area contributed by atoms with Crippen LogP contribution in [-0.2, 0) is 16.1 Å². The highest BCUT2D eigenvalue weighted by Gasteiger charge is 2.45. The Hall–Kier alpha value is -3.55. The monoisotopic (exact) mass is 394 g/mol. The lowest BCUT2D eigenvalue weighted by atomic mass is 10.0. The highest BCUT2D eigenvalue weighted by atomic mass is 16.2. The van der Waals surface area contributed by atoms with Gasteiger partial charge in [-0.05, 0) is 36.2 Å². The van der Waals surface area contributed by atoms with Crippen LogP contribution in [0.5, 0.6) is 0 Å². The van der Waals surface area contributed by atoms with Gasteiger partial charge >= 0.3 is 0 Å². The number of rotatable bonds is 4. The van der Waals surface area contributed by atoms with Crippen LogP contribution in [0.25, 0.3) is 0 Å². The lowest BCUT2D eigenvalue weighted by molar-refractivity contribution is -0.136. The quantitative estimate of drug-likeness (QED) is 0.769. The van der Waals surface area contributed by atoms with Crippen LogP contribution in [0.15, 0.2) is 42.7 Å². The van der Waals surface area contributed by atoms with E-state index in [2.05, 4.69) is 15.6 Å². The predicted molar refractivity (Wildman–Crippen MR) is 106 cm³/mol. The number of hydrogen-bond donors (Lipinski definition) is 2. The lowest BCUT2D eigenvalue weighted by Crippen LogP contribution is -2.54. The number of imide groups is 2. The number of hydrogen-bond acceptors (Lipinski definition) is 6. The van der Waals surface area contributed by atoms with Crippen molar-refractivity contribution < 1.29 is 19.2 Å². The van der Waals surface area contributed by atoms with Crippen LogP contribution in [0.4, 0.5) is 5.69 Å². The van der Waals surface area contributed by atoms with Gasteiger partial charge in [-0.15, -0.1) is 0 Å². The smallest absolute Gasteiger partial charge is 0.264 e. The fourth-order valence-electron chi connectivity index (χ4n) is 3.36. The molecule has 0 bridgehead atoms. The Bertz CT molecular complexity index is 958. The molecule has 8 nitrogen and oxygen atoms in total. The van der Waals surface area contributed by atoms with E-state index >= 15 is 0 Å². The second-order valence-corrected chi connectivity index (χ2v) is 6.38. The first-order valence-corrected chi connectivity index (χ1v) is 9.53. The highest BCUT2D eigenvalue weighted by Crippen LogP contribution is 2.32. The minimum absolute atomic E-state index is 0.0942.